The van der Waals surface area contributed by atoms with Crippen LogP contribution in [-0.4, -0.2) is 51.5 Å². The van der Waals surface area contributed by atoms with Crippen molar-refractivity contribution in [3.8, 4) is 0 Å². The fraction of sp³-hybridized carbons (Fsp3) is 0.611. The van der Waals surface area contributed by atoms with Gasteiger partial charge in [0.15, 0.2) is 0 Å². The minimum absolute atomic E-state index is 0.0536. The van der Waals surface area contributed by atoms with E-state index in [1.165, 1.54) is 12.8 Å². The molecule has 1 aromatic rings. The number of carbonyl (C=O) groups is 2. The van der Waals surface area contributed by atoms with Gasteiger partial charge >= 0.3 is 0 Å². The van der Waals surface area contributed by atoms with Crippen molar-refractivity contribution in [1.29, 1.82) is 0 Å². The van der Waals surface area contributed by atoms with Crippen LogP contribution in [0.4, 0.5) is 5.82 Å². The van der Waals surface area contributed by atoms with Gasteiger partial charge in [0.25, 0.3) is 0 Å². The molecule has 1 aliphatic carbocycles. The smallest absolute Gasteiger partial charge is 0.240 e. The van der Waals surface area contributed by atoms with E-state index in [0.29, 0.717) is 44.8 Å². The van der Waals surface area contributed by atoms with Crippen molar-refractivity contribution in [2.75, 3.05) is 18.4 Å². The Labute approximate surface area is 152 Å². The van der Waals surface area contributed by atoms with E-state index in [0.717, 1.165) is 35.6 Å². The maximum absolute atomic E-state index is 12.6. The van der Waals surface area contributed by atoms with E-state index in [9.17, 15) is 9.59 Å². The number of fused-ring (bicyclic) bond motifs is 1. The zero-order valence-corrected chi connectivity index (χ0v) is 14.8. The highest BCUT2D eigenvalue weighted by molar-refractivity contribution is 5.94. The van der Waals surface area contributed by atoms with Crippen molar-refractivity contribution in [1.82, 2.24) is 20.3 Å². The number of aromatic nitrogens is 2. The maximum Gasteiger partial charge on any atom is 0.240 e. The molecule has 0 aromatic carbocycles. The summed E-state index contributed by atoms with van der Waals surface area (Å²) in [5, 5.41) is 7.53. The molecule has 0 bridgehead atoms. The summed E-state index contributed by atoms with van der Waals surface area (Å²) < 4.78 is 0. The Hall–Kier alpha value is -2.51. The van der Waals surface area contributed by atoms with Gasteiger partial charge < -0.3 is 10.2 Å². The van der Waals surface area contributed by atoms with E-state index in [4.69, 9.17) is 0 Å². The number of hydrogen-bond donors (Lipinski definition) is 2. The van der Waals surface area contributed by atoms with Crippen LogP contribution in [0.15, 0.2) is 11.4 Å². The molecule has 8 heteroatoms. The SMILES string of the molecule is O=C1CCC(CCC(=O)N2CCc3ncnc(NC4CC4)c3CC2)=NN1. The van der Waals surface area contributed by atoms with E-state index < -0.39 is 0 Å². The number of carbonyl (C=O) groups excluding carboxylic acids is 2. The van der Waals surface area contributed by atoms with Crippen molar-refractivity contribution in [2.24, 2.45) is 5.10 Å². The Balaban J connectivity index is 1.34. The summed E-state index contributed by atoms with van der Waals surface area (Å²) in [5.74, 6) is 1.03. The predicted octanol–water partition coefficient (Wildman–Crippen LogP) is 1.02. The van der Waals surface area contributed by atoms with Gasteiger partial charge in [-0.1, -0.05) is 0 Å². The highest BCUT2D eigenvalue weighted by atomic mass is 16.2. The third kappa shape index (κ3) is 4.00. The van der Waals surface area contributed by atoms with Gasteiger partial charge in [0.2, 0.25) is 11.8 Å². The molecule has 8 nitrogen and oxygen atoms in total. The summed E-state index contributed by atoms with van der Waals surface area (Å²) in [7, 11) is 0. The molecule has 0 radical (unpaired) electrons. The Bertz CT molecular complexity index is 743. The molecule has 0 saturated heterocycles. The minimum atomic E-state index is -0.0536. The lowest BCUT2D eigenvalue weighted by molar-refractivity contribution is -0.130. The van der Waals surface area contributed by atoms with Gasteiger partial charge in [-0.3, -0.25) is 9.59 Å². The zero-order chi connectivity index (χ0) is 17.9. The minimum Gasteiger partial charge on any atom is -0.367 e. The van der Waals surface area contributed by atoms with Gasteiger partial charge in [-0.25, -0.2) is 15.4 Å². The Morgan fingerprint density at radius 1 is 1.19 bits per heavy atom. The average Bonchev–Trinajstić information content (AvgIpc) is 3.47. The molecular formula is C18H24N6O2. The molecule has 2 N–H and O–H groups in total. The van der Waals surface area contributed by atoms with Gasteiger partial charge in [0.1, 0.15) is 12.1 Å². The standard InChI is InChI=1S/C18H24N6O2/c25-16-5-3-13(22-23-16)4-6-17(26)24-9-7-14-15(8-10-24)19-11-20-18(14)21-12-1-2-12/h11-12H,1-10H2,(H,23,25)(H,19,20,21). The first-order valence-corrected chi connectivity index (χ1v) is 9.40. The number of anilines is 1. The molecule has 138 valence electrons. The molecule has 3 heterocycles. The van der Waals surface area contributed by atoms with Gasteiger partial charge in [-0.2, -0.15) is 5.10 Å². The number of nitrogens with zero attached hydrogens (tertiary/aromatic N) is 4. The first-order chi connectivity index (χ1) is 12.7. The quantitative estimate of drug-likeness (QED) is 0.821. The molecule has 1 saturated carbocycles. The molecule has 4 rings (SSSR count). The summed E-state index contributed by atoms with van der Waals surface area (Å²) in [6, 6.07) is 0.548. The summed E-state index contributed by atoms with van der Waals surface area (Å²) in [4.78, 5) is 34.5. The number of amides is 2. The van der Waals surface area contributed by atoms with E-state index in [2.05, 4.69) is 25.8 Å². The molecule has 0 atom stereocenters. The molecule has 0 unspecified atom stereocenters. The average molecular weight is 356 g/mol. The molecule has 3 aliphatic rings. The summed E-state index contributed by atoms with van der Waals surface area (Å²) in [5.41, 5.74) is 5.60. The fourth-order valence-electron chi connectivity index (χ4n) is 3.42. The number of hydrazone groups is 1. The van der Waals surface area contributed by atoms with Gasteiger partial charge in [-0.15, -0.1) is 0 Å². The normalized spacial score (nSPS) is 19.9. The lowest BCUT2D eigenvalue weighted by Crippen LogP contribution is -2.34. The van der Waals surface area contributed by atoms with Crippen molar-refractivity contribution < 1.29 is 9.59 Å². The van der Waals surface area contributed by atoms with E-state index >= 15 is 0 Å². The molecule has 1 aromatic heterocycles. The van der Waals surface area contributed by atoms with E-state index in [1.807, 2.05) is 4.90 Å². The van der Waals surface area contributed by atoms with Crippen LogP contribution < -0.4 is 10.7 Å². The largest absolute Gasteiger partial charge is 0.367 e. The first-order valence-electron chi connectivity index (χ1n) is 9.40. The molecule has 1 fully saturated rings. The summed E-state index contributed by atoms with van der Waals surface area (Å²) in [6.45, 7) is 1.39. The second-order valence-corrected chi connectivity index (χ2v) is 7.16. The van der Waals surface area contributed by atoms with Crippen molar-refractivity contribution in [3.05, 3.63) is 17.6 Å². The van der Waals surface area contributed by atoms with Crippen LogP contribution in [0.3, 0.4) is 0 Å². The Morgan fingerprint density at radius 2 is 2.04 bits per heavy atom. The van der Waals surface area contributed by atoms with Crippen LogP contribution in [0.25, 0.3) is 0 Å². The van der Waals surface area contributed by atoms with Crippen molar-refractivity contribution in [3.63, 3.8) is 0 Å². The first kappa shape index (κ1) is 16.9. The highest BCUT2D eigenvalue weighted by Crippen LogP contribution is 2.27. The molecular weight excluding hydrogens is 332 g/mol. The maximum atomic E-state index is 12.6. The van der Waals surface area contributed by atoms with Crippen LogP contribution >= 0.6 is 0 Å². The van der Waals surface area contributed by atoms with E-state index in [1.54, 1.807) is 6.33 Å². The van der Waals surface area contributed by atoms with Crippen LogP contribution in [0, 0.1) is 0 Å². The second kappa shape index (κ2) is 7.39. The molecule has 2 aliphatic heterocycles. The van der Waals surface area contributed by atoms with Crippen molar-refractivity contribution >= 4 is 23.3 Å². The van der Waals surface area contributed by atoms with Gasteiger partial charge in [0.05, 0.1) is 5.69 Å². The Kier molecular flexibility index (Phi) is 4.81. The molecule has 2 amide bonds. The second-order valence-electron chi connectivity index (χ2n) is 7.16. The van der Waals surface area contributed by atoms with Crippen LogP contribution in [0.1, 0.15) is 49.8 Å². The van der Waals surface area contributed by atoms with Crippen LogP contribution in [-0.2, 0) is 22.4 Å². The lowest BCUT2D eigenvalue weighted by atomic mass is 10.1. The van der Waals surface area contributed by atoms with Crippen molar-refractivity contribution in [2.45, 2.75) is 57.4 Å². The summed E-state index contributed by atoms with van der Waals surface area (Å²) in [6.07, 6.45) is 7.73. The topological polar surface area (TPSA) is 99.6 Å². The third-order valence-electron chi connectivity index (χ3n) is 5.16. The van der Waals surface area contributed by atoms with Crippen LogP contribution in [0.5, 0.6) is 0 Å². The highest BCUT2D eigenvalue weighted by Gasteiger charge is 2.26. The third-order valence-corrected chi connectivity index (χ3v) is 5.16. The summed E-state index contributed by atoms with van der Waals surface area (Å²) >= 11 is 0. The monoisotopic (exact) mass is 356 g/mol. The number of nitrogens with one attached hydrogen (secondary N) is 2. The lowest BCUT2D eigenvalue weighted by Gasteiger charge is -2.20. The number of rotatable bonds is 5. The Morgan fingerprint density at radius 3 is 2.81 bits per heavy atom. The van der Waals surface area contributed by atoms with Gasteiger partial charge in [-0.05, 0) is 32.1 Å². The molecule has 26 heavy (non-hydrogen) atoms. The zero-order valence-electron chi connectivity index (χ0n) is 14.8. The molecule has 0 spiro atoms. The van der Waals surface area contributed by atoms with Crippen LogP contribution in [0.2, 0.25) is 0 Å². The fourth-order valence-corrected chi connectivity index (χ4v) is 3.42. The van der Waals surface area contributed by atoms with Gasteiger partial charge in [0, 0.05) is 49.7 Å². The van der Waals surface area contributed by atoms with E-state index in [-0.39, 0.29) is 11.8 Å². The predicted molar refractivity (Wildman–Crippen MR) is 96.7 cm³/mol. The number of hydrogen-bond acceptors (Lipinski definition) is 6.